The van der Waals surface area contributed by atoms with Crippen molar-refractivity contribution in [2.75, 3.05) is 32.0 Å². The van der Waals surface area contributed by atoms with Gasteiger partial charge in [-0.05, 0) is 37.0 Å². The number of piperidine rings is 1. The number of hydrogen-bond donors (Lipinski definition) is 0. The third kappa shape index (κ3) is 4.81. The maximum Gasteiger partial charge on any atom is 0.260 e. The summed E-state index contributed by atoms with van der Waals surface area (Å²) in [5, 5.41) is 0. The second-order valence-electron chi connectivity index (χ2n) is 7.81. The molecular weight excluding hydrogens is 396 g/mol. The van der Waals surface area contributed by atoms with Crippen LogP contribution in [0.5, 0.6) is 5.75 Å². The summed E-state index contributed by atoms with van der Waals surface area (Å²) in [6.07, 6.45) is 2.97. The van der Waals surface area contributed by atoms with Crippen molar-refractivity contribution in [3.8, 4) is 5.75 Å². The Balaban J connectivity index is 1.28. The molecule has 2 aliphatic rings. The Morgan fingerprint density at radius 2 is 1.57 bits per heavy atom. The van der Waals surface area contributed by atoms with Crippen LogP contribution in [-0.2, 0) is 16.0 Å². The summed E-state index contributed by atoms with van der Waals surface area (Å²) >= 11 is 1.88. The zero-order valence-corrected chi connectivity index (χ0v) is 18.0. The van der Waals surface area contributed by atoms with Gasteiger partial charge in [0, 0.05) is 31.8 Å². The van der Waals surface area contributed by atoms with Crippen molar-refractivity contribution in [1.82, 2.24) is 9.80 Å². The highest BCUT2D eigenvalue weighted by Gasteiger charge is 2.46. The number of carbonyl (C=O) groups is 2. The zero-order chi connectivity index (χ0) is 20.8. The van der Waals surface area contributed by atoms with E-state index in [1.54, 1.807) is 0 Å². The Kier molecular flexibility index (Phi) is 6.62. The molecule has 0 N–H and O–H groups in total. The lowest BCUT2D eigenvalue weighted by Gasteiger charge is -2.44. The predicted molar refractivity (Wildman–Crippen MR) is 119 cm³/mol. The van der Waals surface area contributed by atoms with Crippen molar-refractivity contribution < 1.29 is 14.3 Å². The monoisotopic (exact) mass is 424 g/mol. The van der Waals surface area contributed by atoms with Gasteiger partial charge in [-0.2, -0.15) is 0 Å². The van der Waals surface area contributed by atoms with Gasteiger partial charge in [-0.25, -0.2) is 0 Å². The SMILES string of the molecule is O=C(COc1ccccc1)N1CCC2(CC1)SCCN2C(=O)CCc1ccccc1. The van der Waals surface area contributed by atoms with Crippen LogP contribution in [0, 0.1) is 0 Å². The van der Waals surface area contributed by atoms with Gasteiger partial charge < -0.3 is 14.5 Å². The molecule has 2 saturated heterocycles. The molecule has 2 fully saturated rings. The normalized spacial score (nSPS) is 17.9. The highest BCUT2D eigenvalue weighted by Crippen LogP contribution is 2.44. The van der Waals surface area contributed by atoms with Crippen molar-refractivity contribution in [2.24, 2.45) is 0 Å². The minimum atomic E-state index is -0.148. The van der Waals surface area contributed by atoms with Gasteiger partial charge in [0.05, 0.1) is 4.87 Å². The summed E-state index contributed by atoms with van der Waals surface area (Å²) in [6, 6.07) is 19.6. The summed E-state index contributed by atoms with van der Waals surface area (Å²) in [5.41, 5.74) is 1.20. The van der Waals surface area contributed by atoms with E-state index in [1.165, 1.54) is 5.56 Å². The molecule has 0 unspecified atom stereocenters. The molecule has 2 aromatic rings. The van der Waals surface area contributed by atoms with Gasteiger partial charge in [-0.15, -0.1) is 11.8 Å². The molecule has 0 aromatic heterocycles. The van der Waals surface area contributed by atoms with Crippen LogP contribution >= 0.6 is 11.8 Å². The number of thioether (sulfide) groups is 1. The second-order valence-corrected chi connectivity index (χ2v) is 9.26. The predicted octanol–water partition coefficient (Wildman–Crippen LogP) is 3.59. The number of amides is 2. The molecule has 5 nitrogen and oxygen atoms in total. The number of benzene rings is 2. The quantitative estimate of drug-likeness (QED) is 0.711. The first-order chi connectivity index (χ1) is 14.7. The first kappa shape index (κ1) is 20.8. The molecule has 1 spiro atoms. The Bertz CT molecular complexity index is 851. The molecule has 0 bridgehead atoms. The number of nitrogens with zero attached hydrogens (tertiary/aromatic N) is 2. The minimum Gasteiger partial charge on any atom is -0.484 e. The van der Waals surface area contributed by atoms with Gasteiger partial charge >= 0.3 is 0 Å². The smallest absolute Gasteiger partial charge is 0.260 e. The molecule has 2 aliphatic heterocycles. The molecule has 2 amide bonds. The number of carbonyl (C=O) groups excluding carboxylic acids is 2. The van der Waals surface area contributed by atoms with Gasteiger partial charge in [0.2, 0.25) is 5.91 Å². The lowest BCUT2D eigenvalue weighted by Crippen LogP contribution is -2.54. The minimum absolute atomic E-state index is 0.0126. The third-order valence-electron chi connectivity index (χ3n) is 5.95. The number of aryl methyl sites for hydroxylation is 1. The molecule has 0 radical (unpaired) electrons. The first-order valence-corrected chi connectivity index (χ1v) is 11.6. The fraction of sp³-hybridized carbons (Fsp3) is 0.417. The lowest BCUT2D eigenvalue weighted by atomic mass is 10.0. The van der Waals surface area contributed by atoms with Crippen LogP contribution in [0.15, 0.2) is 60.7 Å². The fourth-order valence-corrected chi connectivity index (χ4v) is 5.74. The summed E-state index contributed by atoms with van der Waals surface area (Å²) in [6.45, 7) is 2.21. The van der Waals surface area contributed by atoms with Crippen LogP contribution in [0.25, 0.3) is 0 Å². The Hall–Kier alpha value is -2.47. The fourth-order valence-electron chi connectivity index (χ4n) is 4.26. The number of ether oxygens (including phenoxy) is 1. The van der Waals surface area contributed by atoms with Crippen LogP contribution in [0.3, 0.4) is 0 Å². The van der Waals surface area contributed by atoms with Crippen molar-refractivity contribution in [2.45, 2.75) is 30.6 Å². The molecule has 4 rings (SSSR count). The highest BCUT2D eigenvalue weighted by atomic mass is 32.2. The molecule has 30 heavy (non-hydrogen) atoms. The van der Waals surface area contributed by atoms with Crippen molar-refractivity contribution in [1.29, 1.82) is 0 Å². The van der Waals surface area contributed by atoms with Gasteiger partial charge in [0.15, 0.2) is 6.61 Å². The van der Waals surface area contributed by atoms with Crippen LogP contribution in [0.2, 0.25) is 0 Å². The summed E-state index contributed by atoms with van der Waals surface area (Å²) < 4.78 is 5.61. The highest BCUT2D eigenvalue weighted by molar-refractivity contribution is 8.00. The van der Waals surface area contributed by atoms with E-state index in [4.69, 9.17) is 4.74 Å². The number of rotatable bonds is 6. The molecule has 2 aromatic carbocycles. The van der Waals surface area contributed by atoms with Gasteiger partial charge in [-0.3, -0.25) is 9.59 Å². The van der Waals surface area contributed by atoms with E-state index >= 15 is 0 Å². The molecular formula is C24H28N2O3S. The number of para-hydroxylation sites is 1. The van der Waals surface area contributed by atoms with Crippen molar-refractivity contribution in [3.63, 3.8) is 0 Å². The molecule has 0 aliphatic carbocycles. The number of hydrogen-bond acceptors (Lipinski definition) is 4. The Morgan fingerprint density at radius 1 is 0.900 bits per heavy atom. The van der Waals surface area contributed by atoms with Gasteiger partial charge in [-0.1, -0.05) is 48.5 Å². The first-order valence-electron chi connectivity index (χ1n) is 10.6. The second kappa shape index (κ2) is 9.56. The van der Waals surface area contributed by atoms with Crippen LogP contribution in [0.1, 0.15) is 24.8 Å². The van der Waals surface area contributed by atoms with E-state index in [2.05, 4.69) is 17.0 Å². The zero-order valence-electron chi connectivity index (χ0n) is 17.2. The van der Waals surface area contributed by atoms with Crippen molar-refractivity contribution >= 4 is 23.6 Å². The lowest BCUT2D eigenvalue weighted by molar-refractivity contribution is -0.138. The standard InChI is InChI=1S/C24H28N2O3S/c27-22(12-11-20-7-3-1-4-8-20)26-17-18-30-24(26)13-15-25(16-14-24)23(28)19-29-21-9-5-2-6-10-21/h1-10H,11-19H2. The van der Waals surface area contributed by atoms with Crippen LogP contribution < -0.4 is 4.74 Å². The van der Waals surface area contributed by atoms with E-state index in [-0.39, 0.29) is 23.3 Å². The maximum atomic E-state index is 13.0. The third-order valence-corrected chi connectivity index (χ3v) is 7.50. The Labute approximate surface area is 182 Å². The van der Waals surface area contributed by atoms with E-state index in [0.29, 0.717) is 25.3 Å². The van der Waals surface area contributed by atoms with Crippen LogP contribution in [0.4, 0.5) is 0 Å². The van der Waals surface area contributed by atoms with E-state index in [0.717, 1.165) is 31.6 Å². The molecule has 158 valence electrons. The topological polar surface area (TPSA) is 49.9 Å². The summed E-state index contributed by atoms with van der Waals surface area (Å²) in [4.78, 5) is 29.4. The molecule has 6 heteroatoms. The summed E-state index contributed by atoms with van der Waals surface area (Å²) in [5.74, 6) is 1.93. The average Bonchev–Trinajstić information content (AvgIpc) is 3.20. The van der Waals surface area contributed by atoms with E-state index < -0.39 is 0 Å². The van der Waals surface area contributed by atoms with Gasteiger partial charge in [0.25, 0.3) is 5.91 Å². The summed E-state index contributed by atoms with van der Waals surface area (Å²) in [7, 11) is 0. The van der Waals surface area contributed by atoms with Gasteiger partial charge in [0.1, 0.15) is 5.75 Å². The maximum absolute atomic E-state index is 13.0. The average molecular weight is 425 g/mol. The molecule has 0 saturated carbocycles. The Morgan fingerprint density at radius 3 is 2.27 bits per heavy atom. The van der Waals surface area contributed by atoms with Crippen LogP contribution in [-0.4, -0.2) is 58.5 Å². The molecule has 2 heterocycles. The van der Waals surface area contributed by atoms with Crippen molar-refractivity contribution in [3.05, 3.63) is 66.2 Å². The molecule has 0 atom stereocenters. The number of likely N-dealkylation sites (tertiary alicyclic amines) is 1. The largest absolute Gasteiger partial charge is 0.484 e. The van der Waals surface area contributed by atoms with E-state index in [1.807, 2.05) is 65.2 Å². The van der Waals surface area contributed by atoms with E-state index in [9.17, 15) is 9.59 Å².